The monoisotopic (exact) mass is 1150 g/mol. The standard InChI is InChI=1S/C57H84N8O17/c66-45(15-7-1-2-9-18-49(68)65(37-43-13-5-3-6-14-43)28-12-10-17-47(55(78)79)59-57(82)60-48(56(80)81)25-26-50(69)70)16-8-4-11-27-58-54(77)44-22-19-42(20-23-44)21-24-46(67)38-61-29-31-62(39-51(71)72)33-35-64(41-53(75)76)36-34-63(32-30-61)40-52(73)74/h3,5-6,13-14,19-20,22-23,47-48H,1-2,4,7-12,15-18,21,24-41H2,(H,58,77)(H,69,70)(H,71,72)(H,73,74)(H,75,76)(H,78,79)(H,80,81)(H2,59,60,82)/t47-,48-/m0/s1. The van der Waals surface area contributed by atoms with Gasteiger partial charge in [-0.05, 0) is 81.0 Å². The molecule has 1 saturated heterocycles. The smallest absolute Gasteiger partial charge is 0.326 e. The van der Waals surface area contributed by atoms with Crippen LogP contribution in [0.25, 0.3) is 0 Å². The molecule has 0 unspecified atom stereocenters. The Morgan fingerprint density at radius 3 is 1.41 bits per heavy atom. The summed E-state index contributed by atoms with van der Waals surface area (Å²) < 4.78 is 0. The van der Waals surface area contributed by atoms with Crippen molar-refractivity contribution in [3.63, 3.8) is 0 Å². The van der Waals surface area contributed by atoms with Gasteiger partial charge < -0.3 is 51.5 Å². The molecule has 0 radical (unpaired) electrons. The number of amides is 4. The van der Waals surface area contributed by atoms with Gasteiger partial charge in [0.25, 0.3) is 5.91 Å². The van der Waals surface area contributed by atoms with Crippen molar-refractivity contribution in [3.8, 4) is 0 Å². The van der Waals surface area contributed by atoms with E-state index in [2.05, 4.69) is 16.0 Å². The van der Waals surface area contributed by atoms with Crippen LogP contribution in [0.15, 0.2) is 54.6 Å². The third-order valence-electron chi connectivity index (χ3n) is 13.9. The normalized spacial score (nSPS) is 14.7. The van der Waals surface area contributed by atoms with Gasteiger partial charge in [-0.3, -0.25) is 58.0 Å². The van der Waals surface area contributed by atoms with Crippen LogP contribution >= 0.6 is 0 Å². The summed E-state index contributed by atoms with van der Waals surface area (Å²) in [6.07, 6.45) is 6.69. The Morgan fingerprint density at radius 2 is 0.927 bits per heavy atom. The van der Waals surface area contributed by atoms with E-state index < -0.39 is 60.4 Å². The Morgan fingerprint density at radius 1 is 0.451 bits per heavy atom. The average Bonchev–Trinajstić information content (AvgIpc) is 3.42. The predicted molar refractivity (Wildman–Crippen MR) is 299 cm³/mol. The number of aryl methyl sites for hydroxylation is 1. The first-order valence-corrected chi connectivity index (χ1v) is 28.2. The van der Waals surface area contributed by atoms with Crippen molar-refractivity contribution in [2.45, 2.75) is 128 Å². The van der Waals surface area contributed by atoms with Crippen molar-refractivity contribution >= 4 is 65.2 Å². The molecule has 2 atom stereocenters. The van der Waals surface area contributed by atoms with Crippen LogP contribution in [-0.2, 0) is 56.1 Å². The first kappa shape index (κ1) is 68.9. The molecule has 454 valence electrons. The van der Waals surface area contributed by atoms with Crippen LogP contribution < -0.4 is 16.0 Å². The summed E-state index contributed by atoms with van der Waals surface area (Å²) in [4.78, 5) is 142. The van der Waals surface area contributed by atoms with Gasteiger partial charge in [0.15, 0.2) is 0 Å². The highest BCUT2D eigenvalue weighted by Crippen LogP contribution is 2.15. The second-order valence-electron chi connectivity index (χ2n) is 20.7. The lowest BCUT2D eigenvalue weighted by atomic mass is 10.0. The number of nitrogens with zero attached hydrogens (tertiary/aromatic N) is 5. The summed E-state index contributed by atoms with van der Waals surface area (Å²) in [6.45, 7) is 2.86. The number of urea groups is 1. The van der Waals surface area contributed by atoms with Crippen molar-refractivity contribution < 1.29 is 83.4 Å². The van der Waals surface area contributed by atoms with Crippen molar-refractivity contribution in [2.75, 3.05) is 91.6 Å². The number of carbonyl (C=O) groups is 11. The maximum Gasteiger partial charge on any atom is 0.326 e. The molecule has 2 aromatic rings. The Labute approximate surface area is 478 Å². The number of hydrogen-bond acceptors (Lipinski definition) is 15. The second-order valence-corrected chi connectivity index (χ2v) is 20.7. The minimum Gasteiger partial charge on any atom is -0.481 e. The molecule has 9 N–H and O–H groups in total. The fourth-order valence-electron chi connectivity index (χ4n) is 9.27. The summed E-state index contributed by atoms with van der Waals surface area (Å²) in [6, 6.07) is 12.5. The number of ketones is 2. The van der Waals surface area contributed by atoms with Gasteiger partial charge in [-0.25, -0.2) is 14.4 Å². The quantitative estimate of drug-likeness (QED) is 0.0434. The molecule has 25 nitrogen and oxygen atoms in total. The third kappa shape index (κ3) is 31.0. The molecular weight excluding hydrogens is 1070 g/mol. The van der Waals surface area contributed by atoms with Gasteiger partial charge in [0.2, 0.25) is 5.91 Å². The highest BCUT2D eigenvalue weighted by molar-refractivity contribution is 5.94. The van der Waals surface area contributed by atoms with Crippen molar-refractivity contribution in [1.82, 2.24) is 40.4 Å². The van der Waals surface area contributed by atoms with E-state index >= 15 is 0 Å². The lowest BCUT2D eigenvalue weighted by molar-refractivity contribution is -0.141. The number of carbonyl (C=O) groups excluding carboxylic acids is 5. The van der Waals surface area contributed by atoms with Crippen molar-refractivity contribution in [2.24, 2.45) is 0 Å². The lowest BCUT2D eigenvalue weighted by Crippen LogP contribution is -2.51. The predicted octanol–water partition coefficient (Wildman–Crippen LogP) is 3.13. The molecule has 82 heavy (non-hydrogen) atoms. The van der Waals surface area contributed by atoms with Crippen LogP contribution in [-0.4, -0.2) is 224 Å². The molecule has 0 aromatic heterocycles. The van der Waals surface area contributed by atoms with Gasteiger partial charge in [0, 0.05) is 110 Å². The molecular formula is C57H84N8O17. The molecule has 1 fully saturated rings. The zero-order valence-corrected chi connectivity index (χ0v) is 46.9. The molecule has 1 aliphatic heterocycles. The number of hydrogen-bond donors (Lipinski definition) is 9. The Hall–Kier alpha value is -7.35. The van der Waals surface area contributed by atoms with Gasteiger partial charge in [-0.15, -0.1) is 0 Å². The Kier molecular flexibility index (Phi) is 32.9. The van der Waals surface area contributed by atoms with Crippen LogP contribution in [0.2, 0.25) is 0 Å². The molecule has 0 aliphatic carbocycles. The second kappa shape index (κ2) is 39.1. The molecule has 4 amide bonds. The van der Waals surface area contributed by atoms with Crippen molar-refractivity contribution in [3.05, 3.63) is 71.3 Å². The average molecular weight is 1150 g/mol. The fourth-order valence-corrected chi connectivity index (χ4v) is 9.27. The molecule has 1 aliphatic rings. The zero-order valence-electron chi connectivity index (χ0n) is 46.9. The lowest BCUT2D eigenvalue weighted by Gasteiger charge is -2.32. The van der Waals surface area contributed by atoms with E-state index in [1.807, 2.05) is 35.2 Å². The highest BCUT2D eigenvalue weighted by atomic mass is 16.4. The molecule has 2 aromatic carbocycles. The number of nitrogens with one attached hydrogen (secondary N) is 3. The molecule has 0 bridgehead atoms. The maximum atomic E-state index is 13.4. The SMILES string of the molecule is O=C(O)CC[C@H](NC(=O)N[C@@H](CCCCN(Cc1ccccc1)C(=O)CCCCCCC(=O)CCCCCNC(=O)c1ccc(CCC(=O)CN2CCN(CC(=O)O)CCN(CC(=O)O)CCN(CC(=O)O)CC2)cc1)C(=O)O)C(=O)O. The van der Waals surface area contributed by atoms with Gasteiger partial charge in [0.1, 0.15) is 23.7 Å². The maximum absolute atomic E-state index is 13.4. The Bertz CT molecular complexity index is 2340. The molecule has 25 heteroatoms. The first-order valence-electron chi connectivity index (χ1n) is 28.2. The van der Waals surface area contributed by atoms with Crippen LogP contribution in [0, 0.1) is 0 Å². The number of Topliss-reactive ketones (excluding diaryl/α,β-unsaturated/α-hetero) is 2. The van der Waals surface area contributed by atoms with E-state index in [1.54, 1.807) is 43.9 Å². The number of carboxylic acids is 6. The van der Waals surface area contributed by atoms with Crippen LogP contribution in [0.4, 0.5) is 4.79 Å². The summed E-state index contributed by atoms with van der Waals surface area (Å²) in [7, 11) is 0. The molecule has 3 rings (SSSR count). The summed E-state index contributed by atoms with van der Waals surface area (Å²) in [5.41, 5.74) is 2.25. The largest absolute Gasteiger partial charge is 0.481 e. The van der Waals surface area contributed by atoms with Crippen LogP contribution in [0.5, 0.6) is 0 Å². The zero-order chi connectivity index (χ0) is 60.2. The molecule has 0 spiro atoms. The van der Waals surface area contributed by atoms with E-state index in [4.69, 9.17) is 5.11 Å². The van der Waals surface area contributed by atoms with E-state index in [-0.39, 0.29) is 95.0 Å². The molecule has 1 heterocycles. The van der Waals surface area contributed by atoms with E-state index in [0.717, 1.165) is 30.4 Å². The minimum absolute atomic E-state index is 0.00408. The van der Waals surface area contributed by atoms with Gasteiger partial charge in [-0.2, -0.15) is 0 Å². The third-order valence-corrected chi connectivity index (χ3v) is 13.9. The van der Waals surface area contributed by atoms with Gasteiger partial charge in [0.05, 0.1) is 26.2 Å². The van der Waals surface area contributed by atoms with Crippen molar-refractivity contribution in [1.29, 1.82) is 0 Å². The summed E-state index contributed by atoms with van der Waals surface area (Å²) in [5.74, 6) is -7.33. The van der Waals surface area contributed by atoms with E-state index in [1.165, 1.54) is 0 Å². The summed E-state index contributed by atoms with van der Waals surface area (Å²) >= 11 is 0. The number of benzene rings is 2. The number of carboxylic acid groups (broad SMARTS) is 6. The minimum atomic E-state index is -1.52. The number of unbranched alkanes of at least 4 members (excludes halogenated alkanes) is 6. The van der Waals surface area contributed by atoms with Gasteiger partial charge >= 0.3 is 41.8 Å². The Balaban J connectivity index is 1.32. The topological polar surface area (TPSA) is 361 Å². The number of aliphatic carboxylic acids is 6. The van der Waals surface area contributed by atoms with Gasteiger partial charge in [-0.1, -0.05) is 61.7 Å². The van der Waals surface area contributed by atoms with Crippen LogP contribution in [0.3, 0.4) is 0 Å². The van der Waals surface area contributed by atoms with E-state index in [9.17, 15) is 78.3 Å². The fraction of sp³-hybridized carbons (Fsp3) is 0.596. The van der Waals surface area contributed by atoms with Crippen LogP contribution in [0.1, 0.15) is 124 Å². The highest BCUT2D eigenvalue weighted by Gasteiger charge is 2.26. The molecule has 0 saturated carbocycles. The first-order chi connectivity index (χ1) is 39.2. The number of rotatable bonds is 39. The van der Waals surface area contributed by atoms with E-state index in [0.29, 0.717) is 116 Å². The summed E-state index contributed by atoms with van der Waals surface area (Å²) in [5, 5.41) is 63.5.